The standard InChI is InChI=1S/C27H30N4O2S/c1-3-30(21-10-6-9-20(2)19-21)17-8-16-28-25(32)14-18-31-23-12-7-15-29-26(23)34-24-13-5-4-11-22(24)27(31)33/h4-7,9-13,15,19H,3,8,14,16-18H2,1-2H3,(H,28,32). The molecule has 34 heavy (non-hydrogen) atoms. The molecule has 0 fully saturated rings. The van der Waals surface area contributed by atoms with Crippen LogP contribution in [0.4, 0.5) is 11.4 Å². The fraction of sp³-hybridized carbons (Fsp3) is 0.296. The minimum Gasteiger partial charge on any atom is -0.372 e. The molecule has 2 amide bonds. The Morgan fingerprint density at radius 1 is 1.12 bits per heavy atom. The van der Waals surface area contributed by atoms with Gasteiger partial charge in [-0.25, -0.2) is 4.98 Å². The Labute approximate surface area is 205 Å². The first-order chi connectivity index (χ1) is 16.6. The van der Waals surface area contributed by atoms with Gasteiger partial charge < -0.3 is 15.1 Å². The van der Waals surface area contributed by atoms with E-state index in [9.17, 15) is 9.59 Å². The Hall–Kier alpha value is -3.32. The van der Waals surface area contributed by atoms with Gasteiger partial charge in [-0.2, -0.15) is 0 Å². The summed E-state index contributed by atoms with van der Waals surface area (Å²) in [6.45, 7) is 6.94. The fourth-order valence-corrected chi connectivity index (χ4v) is 5.09. The first-order valence-electron chi connectivity index (χ1n) is 11.7. The third-order valence-corrected chi connectivity index (χ3v) is 6.93. The molecule has 1 N–H and O–H groups in total. The predicted molar refractivity (Wildman–Crippen MR) is 138 cm³/mol. The second kappa shape index (κ2) is 11.2. The highest BCUT2D eigenvalue weighted by atomic mass is 32.2. The number of aryl methyl sites for hydroxylation is 1. The smallest absolute Gasteiger partial charge is 0.259 e. The zero-order valence-corrected chi connectivity index (χ0v) is 20.5. The zero-order valence-electron chi connectivity index (χ0n) is 19.7. The van der Waals surface area contributed by atoms with Crippen LogP contribution in [0, 0.1) is 6.92 Å². The average molecular weight is 475 g/mol. The van der Waals surface area contributed by atoms with Crippen LogP contribution in [0.2, 0.25) is 0 Å². The molecule has 7 heteroatoms. The Kier molecular flexibility index (Phi) is 7.85. The largest absolute Gasteiger partial charge is 0.372 e. The number of pyridine rings is 1. The molecule has 0 saturated heterocycles. The number of amides is 2. The lowest BCUT2D eigenvalue weighted by Gasteiger charge is -2.24. The Bertz CT molecular complexity index is 1170. The van der Waals surface area contributed by atoms with Gasteiger partial charge in [0.15, 0.2) is 0 Å². The van der Waals surface area contributed by atoms with Crippen LogP contribution in [0.3, 0.4) is 0 Å². The Morgan fingerprint density at radius 2 is 1.97 bits per heavy atom. The maximum Gasteiger partial charge on any atom is 0.259 e. The highest BCUT2D eigenvalue weighted by molar-refractivity contribution is 7.99. The molecule has 2 aromatic carbocycles. The molecule has 1 aromatic heterocycles. The molecule has 3 aromatic rings. The number of carbonyl (C=O) groups is 2. The minimum atomic E-state index is -0.0978. The van der Waals surface area contributed by atoms with E-state index in [-0.39, 0.29) is 18.2 Å². The van der Waals surface area contributed by atoms with E-state index >= 15 is 0 Å². The van der Waals surface area contributed by atoms with Gasteiger partial charge in [-0.05, 0) is 62.2 Å². The van der Waals surface area contributed by atoms with E-state index < -0.39 is 0 Å². The third-order valence-electron chi connectivity index (χ3n) is 5.85. The molecule has 6 nitrogen and oxygen atoms in total. The van der Waals surface area contributed by atoms with Gasteiger partial charge in [0.05, 0.1) is 11.3 Å². The van der Waals surface area contributed by atoms with E-state index in [1.54, 1.807) is 11.1 Å². The number of fused-ring (bicyclic) bond motifs is 2. The number of hydrogen-bond acceptors (Lipinski definition) is 5. The zero-order chi connectivity index (χ0) is 23.9. The lowest BCUT2D eigenvalue weighted by molar-refractivity contribution is -0.120. The third kappa shape index (κ3) is 5.59. The number of aromatic nitrogens is 1. The molecule has 0 radical (unpaired) electrons. The van der Waals surface area contributed by atoms with E-state index in [1.807, 2.05) is 36.4 Å². The lowest BCUT2D eigenvalue weighted by Crippen LogP contribution is -2.36. The molecule has 0 aliphatic carbocycles. The Balaban J connectivity index is 1.32. The molecular weight excluding hydrogens is 444 g/mol. The van der Waals surface area contributed by atoms with Crippen molar-refractivity contribution in [1.82, 2.24) is 10.3 Å². The maximum absolute atomic E-state index is 13.3. The molecule has 0 spiro atoms. The monoisotopic (exact) mass is 474 g/mol. The first kappa shape index (κ1) is 23.8. The highest BCUT2D eigenvalue weighted by Gasteiger charge is 2.28. The van der Waals surface area contributed by atoms with Crippen LogP contribution in [0.5, 0.6) is 0 Å². The van der Waals surface area contributed by atoms with E-state index in [2.05, 4.69) is 53.3 Å². The van der Waals surface area contributed by atoms with Gasteiger partial charge in [0.1, 0.15) is 5.03 Å². The van der Waals surface area contributed by atoms with Crippen LogP contribution in [-0.2, 0) is 4.79 Å². The van der Waals surface area contributed by atoms with Gasteiger partial charge in [-0.3, -0.25) is 9.59 Å². The summed E-state index contributed by atoms with van der Waals surface area (Å²) in [4.78, 5) is 35.2. The summed E-state index contributed by atoms with van der Waals surface area (Å²) < 4.78 is 0. The summed E-state index contributed by atoms with van der Waals surface area (Å²) in [5, 5.41) is 3.79. The average Bonchev–Trinajstić information content (AvgIpc) is 2.96. The van der Waals surface area contributed by atoms with Crippen LogP contribution >= 0.6 is 11.8 Å². The summed E-state index contributed by atoms with van der Waals surface area (Å²) in [7, 11) is 0. The van der Waals surface area contributed by atoms with E-state index in [0.29, 0.717) is 18.7 Å². The van der Waals surface area contributed by atoms with Gasteiger partial charge in [0.2, 0.25) is 5.91 Å². The number of nitrogens with zero attached hydrogens (tertiary/aromatic N) is 3. The number of rotatable bonds is 9. The molecular formula is C27H30N4O2S. The summed E-state index contributed by atoms with van der Waals surface area (Å²) in [6, 6.07) is 19.7. The number of anilines is 2. The van der Waals surface area contributed by atoms with Crippen LogP contribution in [-0.4, -0.2) is 43.0 Å². The lowest BCUT2D eigenvalue weighted by atomic mass is 10.1. The minimum absolute atomic E-state index is 0.0537. The SMILES string of the molecule is CCN(CCCNC(=O)CCN1C(=O)c2ccccc2Sc2ncccc21)c1cccc(C)c1. The van der Waals surface area contributed by atoms with Gasteiger partial charge in [-0.15, -0.1) is 0 Å². The quantitative estimate of drug-likeness (QED) is 0.446. The molecule has 1 aliphatic rings. The van der Waals surface area contributed by atoms with E-state index in [4.69, 9.17) is 0 Å². The van der Waals surface area contributed by atoms with Crippen molar-refractivity contribution < 1.29 is 9.59 Å². The summed E-state index contributed by atoms with van der Waals surface area (Å²) >= 11 is 1.49. The van der Waals surface area contributed by atoms with Crippen LogP contribution in [0.25, 0.3) is 0 Å². The topological polar surface area (TPSA) is 65.5 Å². The molecule has 176 valence electrons. The van der Waals surface area contributed by atoms with Crippen LogP contribution in [0.15, 0.2) is 76.8 Å². The van der Waals surface area contributed by atoms with Crippen molar-refractivity contribution in [3.8, 4) is 0 Å². The molecule has 1 aliphatic heterocycles. The highest BCUT2D eigenvalue weighted by Crippen LogP contribution is 2.39. The number of carbonyl (C=O) groups excluding carboxylic acids is 2. The van der Waals surface area contributed by atoms with Crippen molar-refractivity contribution in [1.29, 1.82) is 0 Å². The summed E-state index contributed by atoms with van der Waals surface area (Å²) in [5.41, 5.74) is 3.84. The van der Waals surface area contributed by atoms with Crippen molar-refractivity contribution in [2.24, 2.45) is 0 Å². The van der Waals surface area contributed by atoms with Crippen LogP contribution in [0.1, 0.15) is 35.7 Å². The molecule has 2 heterocycles. The summed E-state index contributed by atoms with van der Waals surface area (Å²) in [6.07, 6.45) is 2.82. The summed E-state index contributed by atoms with van der Waals surface area (Å²) in [5.74, 6) is -0.151. The van der Waals surface area contributed by atoms with Gasteiger partial charge in [-0.1, -0.05) is 36.0 Å². The predicted octanol–water partition coefficient (Wildman–Crippen LogP) is 4.92. The molecule has 0 bridgehead atoms. The first-order valence-corrected chi connectivity index (χ1v) is 12.5. The molecule has 0 saturated carbocycles. The van der Waals surface area contributed by atoms with Crippen LogP contribution < -0.4 is 15.1 Å². The number of benzene rings is 2. The molecule has 0 unspecified atom stereocenters. The Morgan fingerprint density at radius 3 is 2.79 bits per heavy atom. The maximum atomic E-state index is 13.3. The van der Waals surface area contributed by atoms with Crippen molar-refractivity contribution in [2.75, 3.05) is 36.0 Å². The number of nitrogens with one attached hydrogen (secondary N) is 1. The molecule has 4 rings (SSSR count). The van der Waals surface area contributed by atoms with Crippen molar-refractivity contribution in [3.05, 3.63) is 78.0 Å². The van der Waals surface area contributed by atoms with Gasteiger partial charge >= 0.3 is 0 Å². The van der Waals surface area contributed by atoms with E-state index in [0.717, 1.165) is 35.1 Å². The van der Waals surface area contributed by atoms with Crippen molar-refractivity contribution >= 4 is 35.0 Å². The fourth-order valence-electron chi connectivity index (χ4n) is 4.07. The normalized spacial score (nSPS) is 12.5. The number of hydrogen-bond donors (Lipinski definition) is 1. The van der Waals surface area contributed by atoms with Gasteiger partial charge in [0, 0.05) is 49.4 Å². The van der Waals surface area contributed by atoms with E-state index in [1.165, 1.54) is 23.0 Å². The second-order valence-corrected chi connectivity index (χ2v) is 9.29. The van der Waals surface area contributed by atoms with Gasteiger partial charge in [0.25, 0.3) is 5.91 Å². The van der Waals surface area contributed by atoms with Crippen molar-refractivity contribution in [3.63, 3.8) is 0 Å². The second-order valence-electron chi connectivity index (χ2n) is 8.25. The molecule has 0 atom stereocenters. The van der Waals surface area contributed by atoms with Crippen molar-refractivity contribution in [2.45, 2.75) is 36.6 Å².